The zero-order chi connectivity index (χ0) is 12.0. The molecular formula is C12H19NO3. The lowest BCUT2D eigenvalue weighted by atomic mass is 10.0. The molecule has 0 saturated heterocycles. The van der Waals surface area contributed by atoms with Gasteiger partial charge in [0.25, 0.3) is 0 Å². The van der Waals surface area contributed by atoms with Crippen molar-refractivity contribution in [2.24, 2.45) is 5.90 Å². The average molecular weight is 225 g/mol. The SMILES string of the molecule is CCc1c(OC)ccc(OC)c1CCON. The molecule has 0 aromatic heterocycles. The Morgan fingerprint density at radius 1 is 1.06 bits per heavy atom. The Hall–Kier alpha value is -1.26. The predicted molar refractivity (Wildman–Crippen MR) is 62.8 cm³/mol. The molecular weight excluding hydrogens is 206 g/mol. The first-order valence-electron chi connectivity index (χ1n) is 5.32. The third-order valence-corrected chi connectivity index (χ3v) is 2.61. The fourth-order valence-electron chi connectivity index (χ4n) is 1.86. The third kappa shape index (κ3) is 2.65. The van der Waals surface area contributed by atoms with Gasteiger partial charge >= 0.3 is 0 Å². The van der Waals surface area contributed by atoms with Crippen LogP contribution in [0.4, 0.5) is 0 Å². The van der Waals surface area contributed by atoms with Crippen LogP contribution in [0, 0.1) is 0 Å². The number of methoxy groups -OCH3 is 2. The van der Waals surface area contributed by atoms with E-state index in [1.165, 1.54) is 0 Å². The number of hydrogen-bond donors (Lipinski definition) is 1. The molecule has 0 saturated carbocycles. The molecule has 0 aliphatic carbocycles. The smallest absolute Gasteiger partial charge is 0.122 e. The van der Waals surface area contributed by atoms with Crippen molar-refractivity contribution in [1.82, 2.24) is 0 Å². The molecule has 4 nitrogen and oxygen atoms in total. The highest BCUT2D eigenvalue weighted by Gasteiger charge is 2.12. The standard InChI is InChI=1S/C12H19NO3/c1-4-9-10(7-8-16-13)12(15-3)6-5-11(9)14-2/h5-6H,4,7-8,13H2,1-3H3. The van der Waals surface area contributed by atoms with Crippen molar-refractivity contribution < 1.29 is 14.3 Å². The summed E-state index contributed by atoms with van der Waals surface area (Å²) < 4.78 is 10.7. The minimum absolute atomic E-state index is 0.469. The number of benzene rings is 1. The van der Waals surface area contributed by atoms with Crippen LogP contribution in [0.3, 0.4) is 0 Å². The van der Waals surface area contributed by atoms with Crippen LogP contribution >= 0.6 is 0 Å². The summed E-state index contributed by atoms with van der Waals surface area (Å²) in [6.07, 6.45) is 1.61. The molecule has 0 aliphatic heterocycles. The van der Waals surface area contributed by atoms with Crippen molar-refractivity contribution in [3.05, 3.63) is 23.3 Å². The molecule has 0 fully saturated rings. The molecule has 1 aromatic rings. The van der Waals surface area contributed by atoms with E-state index < -0.39 is 0 Å². The van der Waals surface area contributed by atoms with Crippen molar-refractivity contribution in [2.75, 3.05) is 20.8 Å². The van der Waals surface area contributed by atoms with Gasteiger partial charge in [0.1, 0.15) is 11.5 Å². The van der Waals surface area contributed by atoms with Gasteiger partial charge < -0.3 is 14.3 Å². The highest BCUT2D eigenvalue weighted by atomic mass is 16.6. The lowest BCUT2D eigenvalue weighted by molar-refractivity contribution is 0.140. The molecule has 0 aliphatic rings. The van der Waals surface area contributed by atoms with Crippen LogP contribution in [0.5, 0.6) is 11.5 Å². The van der Waals surface area contributed by atoms with Gasteiger partial charge in [-0.1, -0.05) is 6.92 Å². The van der Waals surface area contributed by atoms with Crippen LogP contribution in [0.25, 0.3) is 0 Å². The van der Waals surface area contributed by atoms with E-state index in [0.29, 0.717) is 6.61 Å². The Balaban J connectivity index is 3.14. The molecule has 1 aromatic carbocycles. The van der Waals surface area contributed by atoms with Crippen molar-refractivity contribution in [1.29, 1.82) is 0 Å². The van der Waals surface area contributed by atoms with Crippen molar-refractivity contribution in [2.45, 2.75) is 19.8 Å². The summed E-state index contributed by atoms with van der Waals surface area (Å²) in [6, 6.07) is 3.83. The lowest BCUT2D eigenvalue weighted by Gasteiger charge is -2.16. The minimum Gasteiger partial charge on any atom is -0.496 e. The van der Waals surface area contributed by atoms with Crippen LogP contribution in [0.1, 0.15) is 18.1 Å². The predicted octanol–water partition coefficient (Wildman–Crippen LogP) is 1.70. The molecule has 2 N–H and O–H groups in total. The largest absolute Gasteiger partial charge is 0.496 e. The van der Waals surface area contributed by atoms with E-state index in [9.17, 15) is 0 Å². The van der Waals surface area contributed by atoms with Crippen LogP contribution in [0.15, 0.2) is 12.1 Å². The molecule has 0 spiro atoms. The molecule has 0 bridgehead atoms. The summed E-state index contributed by atoms with van der Waals surface area (Å²) >= 11 is 0. The second kappa shape index (κ2) is 6.35. The first-order chi connectivity index (χ1) is 7.78. The normalized spacial score (nSPS) is 10.2. The highest BCUT2D eigenvalue weighted by Crippen LogP contribution is 2.31. The van der Waals surface area contributed by atoms with Gasteiger partial charge in [0, 0.05) is 17.5 Å². The molecule has 0 heterocycles. The van der Waals surface area contributed by atoms with Crippen LogP contribution < -0.4 is 15.4 Å². The van der Waals surface area contributed by atoms with E-state index in [1.807, 2.05) is 12.1 Å². The molecule has 16 heavy (non-hydrogen) atoms. The fraction of sp³-hybridized carbons (Fsp3) is 0.500. The molecule has 90 valence electrons. The minimum atomic E-state index is 0.469. The zero-order valence-corrected chi connectivity index (χ0v) is 10.1. The van der Waals surface area contributed by atoms with Crippen molar-refractivity contribution >= 4 is 0 Å². The maximum absolute atomic E-state index is 5.33. The van der Waals surface area contributed by atoms with E-state index in [1.54, 1.807) is 14.2 Å². The summed E-state index contributed by atoms with van der Waals surface area (Å²) in [5.74, 6) is 6.80. The van der Waals surface area contributed by atoms with Crippen LogP contribution in [-0.4, -0.2) is 20.8 Å². The second-order valence-electron chi connectivity index (χ2n) is 3.40. The molecule has 0 unspecified atom stereocenters. The van der Waals surface area contributed by atoms with E-state index in [0.717, 1.165) is 35.5 Å². The summed E-state index contributed by atoms with van der Waals surface area (Å²) in [5, 5.41) is 0. The summed E-state index contributed by atoms with van der Waals surface area (Å²) in [7, 11) is 3.33. The summed E-state index contributed by atoms with van der Waals surface area (Å²) in [4.78, 5) is 4.62. The van der Waals surface area contributed by atoms with Gasteiger partial charge in [-0.15, -0.1) is 0 Å². The Kier molecular flexibility index (Phi) is 5.08. The van der Waals surface area contributed by atoms with Crippen molar-refractivity contribution in [3.63, 3.8) is 0 Å². The Bertz CT molecular complexity index is 339. The number of nitrogens with two attached hydrogens (primary N) is 1. The molecule has 0 atom stereocenters. The highest BCUT2D eigenvalue weighted by molar-refractivity contribution is 5.49. The maximum Gasteiger partial charge on any atom is 0.122 e. The Morgan fingerprint density at radius 2 is 1.62 bits per heavy atom. The third-order valence-electron chi connectivity index (χ3n) is 2.61. The second-order valence-corrected chi connectivity index (χ2v) is 3.40. The average Bonchev–Trinajstić information content (AvgIpc) is 2.34. The quantitative estimate of drug-likeness (QED) is 0.749. The number of rotatable bonds is 6. The van der Waals surface area contributed by atoms with Crippen LogP contribution in [0.2, 0.25) is 0 Å². The molecule has 0 amide bonds. The van der Waals surface area contributed by atoms with Gasteiger partial charge in [0.15, 0.2) is 0 Å². The van der Waals surface area contributed by atoms with Crippen molar-refractivity contribution in [3.8, 4) is 11.5 Å². The van der Waals surface area contributed by atoms with Gasteiger partial charge in [-0.3, -0.25) is 0 Å². The Morgan fingerprint density at radius 3 is 2.06 bits per heavy atom. The van der Waals surface area contributed by atoms with Gasteiger partial charge in [-0.25, -0.2) is 5.90 Å². The number of ether oxygens (including phenoxy) is 2. The first-order valence-corrected chi connectivity index (χ1v) is 5.32. The number of hydrogen-bond acceptors (Lipinski definition) is 4. The summed E-state index contributed by atoms with van der Waals surface area (Å²) in [5.41, 5.74) is 2.26. The van der Waals surface area contributed by atoms with E-state index >= 15 is 0 Å². The van der Waals surface area contributed by atoms with Gasteiger partial charge in [-0.2, -0.15) is 0 Å². The topological polar surface area (TPSA) is 53.7 Å². The van der Waals surface area contributed by atoms with Gasteiger partial charge in [-0.05, 0) is 18.6 Å². The summed E-state index contributed by atoms with van der Waals surface area (Å²) in [6.45, 7) is 2.56. The lowest BCUT2D eigenvalue weighted by Crippen LogP contribution is -2.08. The van der Waals surface area contributed by atoms with Gasteiger partial charge in [0.2, 0.25) is 0 Å². The first kappa shape index (κ1) is 12.8. The van der Waals surface area contributed by atoms with Crippen LogP contribution in [-0.2, 0) is 17.7 Å². The van der Waals surface area contributed by atoms with E-state index in [2.05, 4.69) is 11.8 Å². The monoisotopic (exact) mass is 225 g/mol. The zero-order valence-electron chi connectivity index (χ0n) is 10.1. The maximum atomic E-state index is 5.33. The van der Waals surface area contributed by atoms with E-state index in [-0.39, 0.29) is 0 Å². The molecule has 1 rings (SSSR count). The Labute approximate surface area is 96.3 Å². The molecule has 0 radical (unpaired) electrons. The molecule has 4 heteroatoms. The fourth-order valence-corrected chi connectivity index (χ4v) is 1.86. The van der Waals surface area contributed by atoms with Gasteiger partial charge in [0.05, 0.1) is 20.8 Å². The van der Waals surface area contributed by atoms with E-state index in [4.69, 9.17) is 15.4 Å².